The van der Waals surface area contributed by atoms with E-state index in [9.17, 15) is 9.90 Å². The average molecular weight is 321 g/mol. The van der Waals surface area contributed by atoms with Gasteiger partial charge in [0, 0.05) is 32.4 Å². The number of hydrogen-bond acceptors (Lipinski definition) is 6. The number of aliphatic hydroxyl groups is 1. The molecule has 0 radical (unpaired) electrons. The molecule has 23 heavy (non-hydrogen) atoms. The quantitative estimate of drug-likeness (QED) is 0.841. The summed E-state index contributed by atoms with van der Waals surface area (Å²) in [4.78, 5) is 20.6. The molecule has 3 rings (SSSR count). The lowest BCUT2D eigenvalue weighted by Crippen LogP contribution is -2.49. The first-order valence-electron chi connectivity index (χ1n) is 7.92. The minimum atomic E-state index is -0.859. The summed E-state index contributed by atoms with van der Waals surface area (Å²) >= 11 is 0. The Bertz CT molecular complexity index is 562. The Balaban J connectivity index is 1.65. The second-order valence-electron chi connectivity index (χ2n) is 6.15. The number of hydrogen-bond donors (Lipinski definition) is 1. The first kappa shape index (κ1) is 16.2. The SMILES string of the molecule is COc1ncccc1C(=O)N1CCC(O)(CN2CCOCC2)C1. The van der Waals surface area contributed by atoms with Crippen LogP contribution in [0.5, 0.6) is 5.88 Å². The van der Waals surface area contributed by atoms with Gasteiger partial charge in [0.1, 0.15) is 5.56 Å². The summed E-state index contributed by atoms with van der Waals surface area (Å²) in [5.41, 5.74) is -0.423. The number of pyridine rings is 1. The molecule has 3 heterocycles. The molecule has 0 saturated carbocycles. The van der Waals surface area contributed by atoms with Gasteiger partial charge in [-0.05, 0) is 18.6 Å². The topological polar surface area (TPSA) is 75.1 Å². The van der Waals surface area contributed by atoms with Crippen LogP contribution in [0.4, 0.5) is 0 Å². The van der Waals surface area contributed by atoms with Gasteiger partial charge in [0.25, 0.3) is 5.91 Å². The zero-order chi connectivity index (χ0) is 16.3. The number of β-amino-alcohol motifs (C(OH)–C–C–N with tert-alkyl or cyclic N) is 1. The van der Waals surface area contributed by atoms with Crippen LogP contribution in [0.3, 0.4) is 0 Å². The van der Waals surface area contributed by atoms with Crippen molar-refractivity contribution < 1.29 is 19.4 Å². The molecule has 0 aliphatic carbocycles. The molecule has 0 bridgehead atoms. The number of ether oxygens (including phenoxy) is 2. The molecule has 1 N–H and O–H groups in total. The molecule has 0 aromatic carbocycles. The van der Waals surface area contributed by atoms with Gasteiger partial charge in [0.15, 0.2) is 0 Å². The fraction of sp³-hybridized carbons (Fsp3) is 0.625. The van der Waals surface area contributed by atoms with Crippen molar-refractivity contribution in [2.24, 2.45) is 0 Å². The van der Waals surface area contributed by atoms with Gasteiger partial charge in [-0.1, -0.05) is 0 Å². The van der Waals surface area contributed by atoms with Gasteiger partial charge in [-0.15, -0.1) is 0 Å². The van der Waals surface area contributed by atoms with Crippen LogP contribution in [0.25, 0.3) is 0 Å². The summed E-state index contributed by atoms with van der Waals surface area (Å²) in [6.45, 7) is 4.50. The predicted octanol–water partition coefficient (Wildman–Crippen LogP) is -0.000600. The van der Waals surface area contributed by atoms with E-state index in [4.69, 9.17) is 9.47 Å². The van der Waals surface area contributed by atoms with Crippen LogP contribution >= 0.6 is 0 Å². The molecule has 0 spiro atoms. The highest BCUT2D eigenvalue weighted by atomic mass is 16.5. The Morgan fingerprint density at radius 3 is 2.96 bits per heavy atom. The van der Waals surface area contributed by atoms with Gasteiger partial charge >= 0.3 is 0 Å². The maximum atomic E-state index is 12.7. The molecule has 126 valence electrons. The van der Waals surface area contributed by atoms with E-state index in [1.807, 2.05) is 0 Å². The van der Waals surface area contributed by atoms with Crippen molar-refractivity contribution in [3.63, 3.8) is 0 Å². The maximum Gasteiger partial charge on any atom is 0.259 e. The van der Waals surface area contributed by atoms with E-state index in [0.717, 1.165) is 13.1 Å². The fourth-order valence-electron chi connectivity index (χ4n) is 3.22. The van der Waals surface area contributed by atoms with E-state index >= 15 is 0 Å². The summed E-state index contributed by atoms with van der Waals surface area (Å²) in [7, 11) is 1.50. The average Bonchev–Trinajstić information content (AvgIpc) is 2.97. The Morgan fingerprint density at radius 2 is 2.22 bits per heavy atom. The highest BCUT2D eigenvalue weighted by molar-refractivity contribution is 5.96. The van der Waals surface area contributed by atoms with Gasteiger partial charge in [-0.25, -0.2) is 4.98 Å². The van der Waals surface area contributed by atoms with Crippen LogP contribution in [0.1, 0.15) is 16.8 Å². The Labute approximate surface area is 135 Å². The van der Waals surface area contributed by atoms with Crippen molar-refractivity contribution >= 4 is 5.91 Å². The van der Waals surface area contributed by atoms with Crippen molar-refractivity contribution in [1.82, 2.24) is 14.8 Å². The number of amides is 1. The van der Waals surface area contributed by atoms with Crippen molar-refractivity contribution in [1.29, 1.82) is 0 Å². The van der Waals surface area contributed by atoms with Gasteiger partial charge < -0.3 is 19.5 Å². The largest absolute Gasteiger partial charge is 0.480 e. The maximum absolute atomic E-state index is 12.7. The lowest BCUT2D eigenvalue weighted by atomic mass is 10.0. The number of morpholine rings is 1. The molecule has 1 aromatic heterocycles. The second-order valence-corrected chi connectivity index (χ2v) is 6.15. The van der Waals surface area contributed by atoms with E-state index in [0.29, 0.717) is 50.7 Å². The van der Waals surface area contributed by atoms with Crippen molar-refractivity contribution in [2.75, 3.05) is 53.0 Å². The van der Waals surface area contributed by atoms with Crippen LogP contribution in [-0.4, -0.2) is 84.4 Å². The van der Waals surface area contributed by atoms with E-state index in [1.165, 1.54) is 7.11 Å². The van der Waals surface area contributed by atoms with Crippen LogP contribution in [-0.2, 0) is 4.74 Å². The molecule has 2 aliphatic rings. The number of methoxy groups -OCH3 is 1. The van der Waals surface area contributed by atoms with Crippen molar-refractivity contribution in [2.45, 2.75) is 12.0 Å². The van der Waals surface area contributed by atoms with E-state index in [-0.39, 0.29) is 5.91 Å². The standard InChI is InChI=1S/C16H23N3O4/c1-22-14-13(3-2-5-17-14)15(20)19-6-4-16(21,12-19)11-18-7-9-23-10-8-18/h2-3,5,21H,4,6-12H2,1H3. The molecule has 2 aliphatic heterocycles. The summed E-state index contributed by atoms with van der Waals surface area (Å²) < 4.78 is 10.5. The molecular formula is C16H23N3O4. The summed E-state index contributed by atoms with van der Waals surface area (Å²) in [5, 5.41) is 10.8. The minimum absolute atomic E-state index is 0.146. The zero-order valence-electron chi connectivity index (χ0n) is 13.4. The third-order valence-corrected chi connectivity index (χ3v) is 4.44. The molecule has 1 amide bonds. The number of aromatic nitrogens is 1. The van der Waals surface area contributed by atoms with Crippen LogP contribution < -0.4 is 4.74 Å². The van der Waals surface area contributed by atoms with E-state index in [1.54, 1.807) is 23.2 Å². The lowest BCUT2D eigenvalue weighted by Gasteiger charge is -2.33. The molecular weight excluding hydrogens is 298 g/mol. The number of nitrogens with zero attached hydrogens (tertiary/aromatic N) is 3. The van der Waals surface area contributed by atoms with Crippen LogP contribution in [0, 0.1) is 0 Å². The third kappa shape index (κ3) is 3.63. The van der Waals surface area contributed by atoms with Gasteiger partial charge in [0.2, 0.25) is 5.88 Å². The highest BCUT2D eigenvalue weighted by Gasteiger charge is 2.40. The summed E-state index contributed by atoms with van der Waals surface area (Å²) in [6, 6.07) is 3.42. The normalized spacial score (nSPS) is 25.6. The number of likely N-dealkylation sites (tertiary alicyclic amines) is 1. The fourth-order valence-corrected chi connectivity index (χ4v) is 3.22. The summed E-state index contributed by atoms with van der Waals surface area (Å²) in [5.74, 6) is 0.175. The number of carbonyl (C=O) groups excluding carboxylic acids is 1. The van der Waals surface area contributed by atoms with Gasteiger partial charge in [0.05, 0.1) is 32.5 Å². The number of carbonyl (C=O) groups is 1. The smallest absolute Gasteiger partial charge is 0.259 e. The van der Waals surface area contributed by atoms with Crippen LogP contribution in [0.2, 0.25) is 0 Å². The monoisotopic (exact) mass is 321 g/mol. The molecule has 2 saturated heterocycles. The lowest BCUT2D eigenvalue weighted by molar-refractivity contribution is -0.0257. The molecule has 1 aromatic rings. The zero-order valence-corrected chi connectivity index (χ0v) is 13.4. The third-order valence-electron chi connectivity index (χ3n) is 4.44. The minimum Gasteiger partial charge on any atom is -0.480 e. The molecule has 2 fully saturated rings. The predicted molar refractivity (Wildman–Crippen MR) is 83.5 cm³/mol. The Kier molecular flexibility index (Phi) is 4.79. The van der Waals surface area contributed by atoms with E-state index < -0.39 is 5.60 Å². The Hall–Kier alpha value is -1.70. The highest BCUT2D eigenvalue weighted by Crippen LogP contribution is 2.26. The van der Waals surface area contributed by atoms with Crippen molar-refractivity contribution in [3.05, 3.63) is 23.9 Å². The van der Waals surface area contributed by atoms with Crippen LogP contribution in [0.15, 0.2) is 18.3 Å². The second kappa shape index (κ2) is 6.82. The van der Waals surface area contributed by atoms with Crippen molar-refractivity contribution in [3.8, 4) is 5.88 Å². The van der Waals surface area contributed by atoms with Gasteiger partial charge in [-0.2, -0.15) is 0 Å². The summed E-state index contributed by atoms with van der Waals surface area (Å²) in [6.07, 6.45) is 2.17. The first-order chi connectivity index (χ1) is 11.1. The molecule has 7 nitrogen and oxygen atoms in total. The van der Waals surface area contributed by atoms with E-state index in [2.05, 4.69) is 9.88 Å². The van der Waals surface area contributed by atoms with Gasteiger partial charge in [-0.3, -0.25) is 9.69 Å². The molecule has 1 atom stereocenters. The molecule has 1 unspecified atom stereocenters. The molecule has 7 heteroatoms. The first-order valence-corrected chi connectivity index (χ1v) is 7.92. The Morgan fingerprint density at radius 1 is 1.43 bits per heavy atom. The number of rotatable bonds is 4.